The van der Waals surface area contributed by atoms with Gasteiger partial charge in [0.05, 0.1) is 38.6 Å². The number of ether oxygens (including phenoxy) is 3. The fraction of sp³-hybridized carbons (Fsp3) is 0.720. The van der Waals surface area contributed by atoms with Crippen molar-refractivity contribution in [3.63, 3.8) is 0 Å². The van der Waals surface area contributed by atoms with E-state index >= 15 is 0 Å². The third-order valence-electron chi connectivity index (χ3n) is 6.78. The molecule has 6 heteroatoms. The summed E-state index contributed by atoms with van der Waals surface area (Å²) in [5, 5.41) is 10.9. The molecule has 0 radical (unpaired) electrons. The fourth-order valence-electron chi connectivity index (χ4n) is 5.52. The van der Waals surface area contributed by atoms with Gasteiger partial charge in [0.15, 0.2) is 0 Å². The summed E-state index contributed by atoms with van der Waals surface area (Å²) in [6.07, 6.45) is 3.11. The van der Waals surface area contributed by atoms with E-state index in [2.05, 4.69) is 20.8 Å². The number of hydrogen-bond donors (Lipinski definition) is 1. The lowest BCUT2D eigenvalue weighted by molar-refractivity contribution is -0.950. The first-order valence-electron chi connectivity index (χ1n) is 11.6. The molecule has 1 saturated carbocycles. The van der Waals surface area contributed by atoms with E-state index in [9.17, 15) is 9.90 Å². The van der Waals surface area contributed by atoms with Crippen LogP contribution in [0, 0.1) is 11.3 Å². The second-order valence-electron chi connectivity index (χ2n) is 10.5. The van der Waals surface area contributed by atoms with Crippen LogP contribution in [0.1, 0.15) is 56.0 Å². The van der Waals surface area contributed by atoms with Gasteiger partial charge in [-0.2, -0.15) is 0 Å². The van der Waals surface area contributed by atoms with E-state index in [0.717, 1.165) is 42.5 Å². The molecule has 3 atom stereocenters. The van der Waals surface area contributed by atoms with E-state index in [0.29, 0.717) is 43.3 Å². The van der Waals surface area contributed by atoms with Crippen molar-refractivity contribution in [1.82, 2.24) is 0 Å². The molecule has 1 aromatic carbocycles. The average molecular weight is 435 g/mol. The summed E-state index contributed by atoms with van der Waals surface area (Å²) < 4.78 is 17.4. The van der Waals surface area contributed by atoms with Crippen molar-refractivity contribution < 1.29 is 28.6 Å². The zero-order valence-corrected chi connectivity index (χ0v) is 19.6. The van der Waals surface area contributed by atoms with Gasteiger partial charge < -0.3 is 23.8 Å². The minimum Gasteiger partial charge on any atom is -0.465 e. The molecule has 1 aliphatic heterocycles. The predicted molar refractivity (Wildman–Crippen MR) is 120 cm³/mol. The zero-order chi connectivity index (χ0) is 22.5. The Hall–Kier alpha value is -1.47. The summed E-state index contributed by atoms with van der Waals surface area (Å²) in [5.41, 5.74) is 2.00. The fourth-order valence-corrected chi connectivity index (χ4v) is 5.52. The van der Waals surface area contributed by atoms with Crippen molar-refractivity contribution in [3.05, 3.63) is 35.4 Å². The Labute approximate surface area is 187 Å². The highest BCUT2D eigenvalue weighted by Crippen LogP contribution is 2.39. The number of carbonyl (C=O) groups excluding carboxylic acids is 1. The summed E-state index contributed by atoms with van der Waals surface area (Å²) in [4.78, 5) is 11.7. The van der Waals surface area contributed by atoms with Crippen molar-refractivity contribution in [2.45, 2.75) is 58.8 Å². The number of quaternary nitrogens is 1. The Balaban J connectivity index is 1.59. The number of methoxy groups -OCH3 is 1. The highest BCUT2D eigenvalue weighted by Gasteiger charge is 2.35. The molecule has 31 heavy (non-hydrogen) atoms. The lowest BCUT2D eigenvalue weighted by Gasteiger charge is -2.43. The van der Waals surface area contributed by atoms with E-state index in [1.54, 1.807) is 0 Å². The quantitative estimate of drug-likeness (QED) is 0.502. The minimum atomic E-state index is -0.507. The zero-order valence-electron chi connectivity index (χ0n) is 19.6. The normalized spacial score (nSPS) is 26.2. The number of aliphatic hydroxyl groups is 1. The van der Waals surface area contributed by atoms with Gasteiger partial charge in [0.1, 0.15) is 32.3 Å². The molecule has 6 nitrogen and oxygen atoms in total. The van der Waals surface area contributed by atoms with Gasteiger partial charge in [0.25, 0.3) is 0 Å². The van der Waals surface area contributed by atoms with Crippen LogP contribution in [0.5, 0.6) is 0 Å². The van der Waals surface area contributed by atoms with Gasteiger partial charge in [0, 0.05) is 5.56 Å². The standard InChI is InChI=1S/C25H40NO5/c1-19-13-23(15-25(2,3)14-19)31-18-22(27)17-26(9-11-30-12-10-26)16-20-5-7-21(8-6-20)24(28)29-4/h5-8,19,22-23,27H,9-18H2,1-4H3/q+1/t19-,22+,23-/m0/s1. The van der Waals surface area contributed by atoms with Crippen LogP contribution in [0.3, 0.4) is 0 Å². The lowest BCUT2D eigenvalue weighted by atomic mass is 9.71. The van der Waals surface area contributed by atoms with Crippen molar-refractivity contribution in [2.24, 2.45) is 11.3 Å². The number of aliphatic hydroxyl groups excluding tert-OH is 1. The van der Waals surface area contributed by atoms with Crippen molar-refractivity contribution in [1.29, 1.82) is 0 Å². The van der Waals surface area contributed by atoms with Crippen LogP contribution in [0.2, 0.25) is 0 Å². The summed E-state index contributed by atoms with van der Waals surface area (Å²) in [5.74, 6) is 0.339. The number of carbonyl (C=O) groups is 1. The van der Waals surface area contributed by atoms with Gasteiger partial charge in [-0.3, -0.25) is 0 Å². The number of hydrogen-bond acceptors (Lipinski definition) is 5. The van der Waals surface area contributed by atoms with Crippen molar-refractivity contribution in [3.8, 4) is 0 Å². The molecule has 0 amide bonds. The van der Waals surface area contributed by atoms with Crippen LogP contribution in [-0.2, 0) is 20.8 Å². The third-order valence-corrected chi connectivity index (χ3v) is 6.78. The van der Waals surface area contributed by atoms with E-state index in [-0.39, 0.29) is 12.1 Å². The number of rotatable bonds is 8. The molecule has 3 rings (SSSR count). The lowest BCUT2D eigenvalue weighted by Crippen LogP contribution is -2.58. The smallest absolute Gasteiger partial charge is 0.337 e. The number of nitrogens with zero attached hydrogens (tertiary/aromatic N) is 1. The monoisotopic (exact) mass is 434 g/mol. The molecule has 1 N–H and O–H groups in total. The van der Waals surface area contributed by atoms with Gasteiger partial charge in [0.2, 0.25) is 0 Å². The Morgan fingerprint density at radius 2 is 1.90 bits per heavy atom. The average Bonchev–Trinajstić information content (AvgIpc) is 2.71. The molecule has 174 valence electrons. The number of morpholine rings is 1. The van der Waals surface area contributed by atoms with E-state index in [1.165, 1.54) is 13.5 Å². The molecule has 2 fully saturated rings. The molecular weight excluding hydrogens is 394 g/mol. The third kappa shape index (κ3) is 7.01. The topological polar surface area (TPSA) is 65.0 Å². The van der Waals surface area contributed by atoms with Crippen LogP contribution < -0.4 is 0 Å². The number of benzene rings is 1. The maximum absolute atomic E-state index is 11.7. The first-order valence-corrected chi connectivity index (χ1v) is 11.6. The summed E-state index contributed by atoms with van der Waals surface area (Å²) in [6, 6.07) is 7.58. The molecule has 1 heterocycles. The van der Waals surface area contributed by atoms with Crippen LogP contribution in [0.25, 0.3) is 0 Å². The molecule has 1 aliphatic carbocycles. The van der Waals surface area contributed by atoms with Gasteiger partial charge >= 0.3 is 5.97 Å². The van der Waals surface area contributed by atoms with Gasteiger partial charge in [-0.25, -0.2) is 4.79 Å². The molecule has 0 unspecified atom stereocenters. The van der Waals surface area contributed by atoms with E-state index in [4.69, 9.17) is 14.2 Å². The van der Waals surface area contributed by atoms with E-state index < -0.39 is 6.10 Å². The van der Waals surface area contributed by atoms with Crippen LogP contribution >= 0.6 is 0 Å². The van der Waals surface area contributed by atoms with Gasteiger partial charge in [-0.05, 0) is 42.7 Å². The maximum atomic E-state index is 11.7. The van der Waals surface area contributed by atoms with Crippen molar-refractivity contribution in [2.75, 3.05) is 46.6 Å². The molecule has 0 aromatic heterocycles. The summed E-state index contributed by atoms with van der Waals surface area (Å²) in [7, 11) is 1.39. The summed E-state index contributed by atoms with van der Waals surface area (Å²) in [6.45, 7) is 11.9. The molecular formula is C25H40NO5+. The second kappa shape index (κ2) is 10.4. The van der Waals surface area contributed by atoms with Crippen LogP contribution in [0.15, 0.2) is 24.3 Å². The molecule has 0 spiro atoms. The Morgan fingerprint density at radius 1 is 1.23 bits per heavy atom. The molecule has 1 saturated heterocycles. The SMILES string of the molecule is COC(=O)c1ccc(C[N+]2(C[C@@H](O)CO[C@H]3C[C@H](C)CC(C)(C)C3)CCOCC2)cc1. The highest BCUT2D eigenvalue weighted by molar-refractivity contribution is 5.89. The van der Waals surface area contributed by atoms with E-state index in [1.807, 2.05) is 24.3 Å². The largest absolute Gasteiger partial charge is 0.465 e. The summed E-state index contributed by atoms with van der Waals surface area (Å²) >= 11 is 0. The van der Waals surface area contributed by atoms with Gasteiger partial charge in [-0.15, -0.1) is 0 Å². The van der Waals surface area contributed by atoms with Gasteiger partial charge in [-0.1, -0.05) is 32.9 Å². The Bertz CT molecular complexity index is 711. The first-order chi connectivity index (χ1) is 14.7. The minimum absolute atomic E-state index is 0.234. The predicted octanol–water partition coefficient (Wildman–Crippen LogP) is 3.41. The Morgan fingerprint density at radius 3 is 2.52 bits per heavy atom. The van der Waals surface area contributed by atoms with Crippen LogP contribution in [0.4, 0.5) is 0 Å². The first kappa shape index (κ1) is 24.2. The molecule has 0 bridgehead atoms. The molecule has 1 aromatic rings. The molecule has 2 aliphatic rings. The van der Waals surface area contributed by atoms with Crippen molar-refractivity contribution >= 4 is 5.97 Å². The Kier molecular flexibility index (Phi) is 8.14. The second-order valence-corrected chi connectivity index (χ2v) is 10.5. The highest BCUT2D eigenvalue weighted by atomic mass is 16.5. The maximum Gasteiger partial charge on any atom is 0.337 e. The number of esters is 1. The van der Waals surface area contributed by atoms with Crippen LogP contribution in [-0.4, -0.2) is 74.3 Å².